The van der Waals surface area contributed by atoms with Gasteiger partial charge in [-0.2, -0.15) is 0 Å². The predicted octanol–water partition coefficient (Wildman–Crippen LogP) is 3.05. The molecule has 0 saturated carbocycles. The van der Waals surface area contributed by atoms with E-state index in [0.717, 1.165) is 4.90 Å². The van der Waals surface area contributed by atoms with E-state index < -0.39 is 17.9 Å². The summed E-state index contributed by atoms with van der Waals surface area (Å²) in [7, 11) is 0. The molecule has 0 aromatic heterocycles. The molecule has 1 aliphatic heterocycles. The lowest BCUT2D eigenvalue weighted by Crippen LogP contribution is -2.53. The molecule has 7 nitrogen and oxygen atoms in total. The first-order chi connectivity index (χ1) is 13.3. The van der Waals surface area contributed by atoms with Crippen LogP contribution in [0.25, 0.3) is 0 Å². The van der Waals surface area contributed by atoms with Crippen LogP contribution < -0.4 is 11.1 Å². The summed E-state index contributed by atoms with van der Waals surface area (Å²) < 4.78 is 0. The number of ketones is 1. The van der Waals surface area contributed by atoms with E-state index in [1.807, 2.05) is 27.7 Å². The van der Waals surface area contributed by atoms with Crippen LogP contribution in [0.2, 0.25) is 0 Å². The number of hydrogen-bond donors (Lipinski definition) is 2. The third kappa shape index (κ3) is 12.6. The van der Waals surface area contributed by atoms with Gasteiger partial charge < -0.3 is 15.8 Å². The molecule has 0 aromatic carbocycles. The molecule has 1 aliphatic rings. The normalized spacial score (nSPS) is 15.9. The highest BCUT2D eigenvalue weighted by molar-refractivity contribution is 6.06. The van der Waals surface area contributed by atoms with E-state index in [0.29, 0.717) is 25.8 Å². The van der Waals surface area contributed by atoms with Gasteiger partial charge in [0, 0.05) is 31.8 Å². The Hall–Kier alpha value is -1.76. The lowest BCUT2D eigenvalue weighted by atomic mass is 10.1. The molecule has 0 aliphatic carbocycles. The molecule has 1 rings (SSSR count). The number of nitrogens with zero attached hydrogens (tertiary/aromatic N) is 1. The summed E-state index contributed by atoms with van der Waals surface area (Å²) in [6, 6.07) is -0.942. The Kier molecular flexibility index (Phi) is 22.1. The largest absolute Gasteiger partial charge is 0.354 e. The van der Waals surface area contributed by atoms with E-state index >= 15 is 0 Å². The van der Waals surface area contributed by atoms with Crippen LogP contribution in [0.15, 0.2) is 0 Å². The number of nitrogens with one attached hydrogen (secondary N) is 1. The average Bonchev–Trinajstić information content (AvgIpc) is 2.92. The van der Waals surface area contributed by atoms with Crippen LogP contribution in [0.5, 0.6) is 0 Å². The van der Waals surface area contributed by atoms with E-state index in [4.69, 9.17) is 5.73 Å². The van der Waals surface area contributed by atoms with Crippen molar-refractivity contribution in [1.82, 2.24) is 10.2 Å². The van der Waals surface area contributed by atoms with E-state index in [9.17, 15) is 19.2 Å². The Labute approximate surface area is 171 Å². The second-order valence-corrected chi connectivity index (χ2v) is 6.12. The lowest BCUT2D eigenvalue weighted by Gasteiger charge is -2.24. The van der Waals surface area contributed by atoms with Crippen molar-refractivity contribution in [1.29, 1.82) is 0 Å². The first kappa shape index (κ1) is 31.0. The van der Waals surface area contributed by atoms with Crippen LogP contribution >= 0.6 is 0 Å². The second-order valence-electron chi connectivity index (χ2n) is 6.12. The van der Waals surface area contributed by atoms with Crippen molar-refractivity contribution in [2.24, 2.45) is 11.7 Å². The standard InChI is InChI=1S/C14H23N3O4.C3H8.2C2H6/c1-9-7-12(19)17(14(9)21)11(8-15)13(20)16-6-4-3-5-10(2)18;1-3-2;2*1-2/h9,11H,3-8,15H2,1-2H3,(H,16,20);3H2,1-2H3;2*1-2H3. The maximum atomic E-state index is 12.1. The number of carbonyl (C=O) groups is 4. The van der Waals surface area contributed by atoms with E-state index in [-0.39, 0.29) is 30.6 Å². The molecule has 3 amide bonds. The molecule has 1 heterocycles. The highest BCUT2D eigenvalue weighted by atomic mass is 16.2. The fraction of sp³-hybridized carbons (Fsp3) is 0.810. The number of imide groups is 1. The Morgan fingerprint density at radius 2 is 1.64 bits per heavy atom. The van der Waals surface area contributed by atoms with E-state index in [1.54, 1.807) is 6.92 Å². The number of carbonyl (C=O) groups excluding carboxylic acids is 4. The van der Waals surface area contributed by atoms with Gasteiger partial charge in [-0.05, 0) is 19.8 Å². The van der Waals surface area contributed by atoms with Gasteiger partial charge in [0.1, 0.15) is 11.8 Å². The predicted molar refractivity (Wildman–Crippen MR) is 115 cm³/mol. The summed E-state index contributed by atoms with van der Waals surface area (Å²) in [6.07, 6.45) is 3.22. The van der Waals surface area contributed by atoms with Crippen LogP contribution in [0.1, 0.15) is 87.5 Å². The molecule has 3 N–H and O–H groups in total. The number of unbranched alkanes of at least 4 members (excludes halogenated alkanes) is 1. The van der Waals surface area contributed by atoms with Gasteiger partial charge in [0.05, 0.1) is 0 Å². The molecule has 28 heavy (non-hydrogen) atoms. The topological polar surface area (TPSA) is 110 Å². The monoisotopic (exact) mass is 401 g/mol. The number of likely N-dealkylation sites (tertiary alicyclic amines) is 1. The van der Waals surface area contributed by atoms with Crippen molar-refractivity contribution in [2.45, 2.75) is 93.5 Å². The summed E-state index contributed by atoms with van der Waals surface area (Å²) in [5.41, 5.74) is 5.54. The minimum absolute atomic E-state index is 0.0938. The van der Waals surface area contributed by atoms with Gasteiger partial charge in [-0.1, -0.05) is 54.9 Å². The third-order valence-electron chi connectivity index (χ3n) is 3.50. The molecule has 2 unspecified atom stereocenters. The minimum atomic E-state index is -0.942. The van der Waals surface area contributed by atoms with Crippen molar-refractivity contribution in [3.8, 4) is 0 Å². The molecule has 0 spiro atoms. The number of hydrogen-bond acceptors (Lipinski definition) is 5. The summed E-state index contributed by atoms with van der Waals surface area (Å²) in [6.45, 7) is 15.7. The fourth-order valence-electron chi connectivity index (χ4n) is 2.29. The Bertz CT molecular complexity index is 453. The summed E-state index contributed by atoms with van der Waals surface area (Å²) in [5.74, 6) is -1.40. The van der Waals surface area contributed by atoms with Gasteiger partial charge in [0.15, 0.2) is 0 Å². The molecular formula is C21H43N3O4. The SMILES string of the molecule is CC.CC.CC(=O)CCCCNC(=O)C(CN)N1C(=O)CC(C)C1=O.CCC. The number of Topliss-reactive ketones (excluding diaryl/α,β-unsaturated/α-hetero) is 1. The van der Waals surface area contributed by atoms with Gasteiger partial charge in [0.2, 0.25) is 17.7 Å². The third-order valence-corrected chi connectivity index (χ3v) is 3.50. The van der Waals surface area contributed by atoms with Crippen molar-refractivity contribution in [2.75, 3.05) is 13.1 Å². The molecule has 0 radical (unpaired) electrons. The van der Waals surface area contributed by atoms with Gasteiger partial charge in [-0.3, -0.25) is 19.3 Å². The molecule has 1 fully saturated rings. The number of amides is 3. The fourth-order valence-corrected chi connectivity index (χ4v) is 2.29. The van der Waals surface area contributed by atoms with Crippen molar-refractivity contribution in [3.63, 3.8) is 0 Å². The minimum Gasteiger partial charge on any atom is -0.354 e. The van der Waals surface area contributed by atoms with Gasteiger partial charge in [0.25, 0.3) is 0 Å². The van der Waals surface area contributed by atoms with E-state index in [1.165, 1.54) is 13.3 Å². The summed E-state index contributed by atoms with van der Waals surface area (Å²) in [5, 5.41) is 2.66. The average molecular weight is 402 g/mol. The van der Waals surface area contributed by atoms with Crippen LogP contribution in [0.4, 0.5) is 0 Å². The highest BCUT2D eigenvalue weighted by Gasteiger charge is 2.42. The zero-order valence-electron chi connectivity index (χ0n) is 19.3. The Morgan fingerprint density at radius 1 is 1.14 bits per heavy atom. The smallest absolute Gasteiger partial charge is 0.244 e. The highest BCUT2D eigenvalue weighted by Crippen LogP contribution is 2.21. The Balaban J connectivity index is -0.000000789. The van der Waals surface area contributed by atoms with Crippen molar-refractivity contribution in [3.05, 3.63) is 0 Å². The molecule has 0 bridgehead atoms. The number of rotatable bonds is 8. The van der Waals surface area contributed by atoms with Crippen molar-refractivity contribution >= 4 is 23.5 Å². The molecular weight excluding hydrogens is 358 g/mol. The summed E-state index contributed by atoms with van der Waals surface area (Å²) in [4.78, 5) is 47.5. The molecule has 7 heteroatoms. The Morgan fingerprint density at radius 3 is 2.00 bits per heavy atom. The quantitative estimate of drug-likeness (QED) is 0.480. The van der Waals surface area contributed by atoms with Crippen LogP contribution in [0, 0.1) is 5.92 Å². The molecule has 166 valence electrons. The zero-order valence-corrected chi connectivity index (χ0v) is 19.3. The maximum absolute atomic E-state index is 12.1. The molecule has 1 saturated heterocycles. The van der Waals surface area contributed by atoms with Crippen LogP contribution in [0.3, 0.4) is 0 Å². The van der Waals surface area contributed by atoms with Gasteiger partial charge in [-0.25, -0.2) is 0 Å². The maximum Gasteiger partial charge on any atom is 0.244 e. The first-order valence-corrected chi connectivity index (χ1v) is 10.6. The second kappa shape index (κ2) is 20.0. The number of nitrogens with two attached hydrogens (primary N) is 1. The zero-order chi connectivity index (χ0) is 22.7. The van der Waals surface area contributed by atoms with Gasteiger partial charge in [-0.15, -0.1) is 0 Å². The van der Waals surface area contributed by atoms with Gasteiger partial charge >= 0.3 is 0 Å². The van der Waals surface area contributed by atoms with Crippen molar-refractivity contribution < 1.29 is 19.2 Å². The lowest BCUT2D eigenvalue weighted by molar-refractivity contribution is -0.147. The van der Waals surface area contributed by atoms with Crippen LogP contribution in [-0.2, 0) is 19.2 Å². The molecule has 0 aromatic rings. The van der Waals surface area contributed by atoms with Crippen LogP contribution in [-0.4, -0.2) is 47.5 Å². The summed E-state index contributed by atoms with van der Waals surface area (Å²) >= 11 is 0. The molecule has 2 atom stereocenters. The van der Waals surface area contributed by atoms with E-state index in [2.05, 4.69) is 19.2 Å². The first-order valence-electron chi connectivity index (χ1n) is 10.6.